The number of hydrogen-bond donors (Lipinski definition) is 3. The van der Waals surface area contributed by atoms with Crippen LogP contribution in [-0.4, -0.2) is 31.7 Å². The van der Waals surface area contributed by atoms with E-state index in [4.69, 9.17) is 25.8 Å². The summed E-state index contributed by atoms with van der Waals surface area (Å²) in [6.07, 6.45) is 0.974. The first-order chi connectivity index (χ1) is 17.9. The van der Waals surface area contributed by atoms with Crippen molar-refractivity contribution in [1.29, 1.82) is 0 Å². The third-order valence-corrected chi connectivity index (χ3v) is 7.16. The van der Waals surface area contributed by atoms with Crippen LogP contribution in [0.5, 0.6) is 23.0 Å². The molecule has 8 heteroatoms. The highest BCUT2D eigenvalue weighted by molar-refractivity contribution is 6.32. The maximum atomic E-state index is 13.8. The number of hydrogen-bond acceptors (Lipinski definition) is 7. The van der Waals surface area contributed by atoms with Gasteiger partial charge in [-0.2, -0.15) is 0 Å². The molecule has 1 heterocycles. The molecule has 0 fully saturated rings. The minimum Gasteiger partial charge on any atom is -0.503 e. The van der Waals surface area contributed by atoms with Gasteiger partial charge in [0.05, 0.1) is 43.3 Å². The van der Waals surface area contributed by atoms with Crippen LogP contribution in [0.3, 0.4) is 0 Å². The van der Waals surface area contributed by atoms with Crippen molar-refractivity contribution >= 4 is 28.8 Å². The Labute approximate surface area is 221 Å². The van der Waals surface area contributed by atoms with Gasteiger partial charge in [-0.15, -0.1) is 0 Å². The van der Waals surface area contributed by atoms with E-state index in [0.29, 0.717) is 36.5 Å². The number of anilines is 2. The van der Waals surface area contributed by atoms with E-state index in [-0.39, 0.29) is 28.2 Å². The summed E-state index contributed by atoms with van der Waals surface area (Å²) >= 11 is 6.39. The number of halogens is 1. The van der Waals surface area contributed by atoms with Crippen LogP contribution in [0.4, 0.5) is 11.4 Å². The van der Waals surface area contributed by atoms with Gasteiger partial charge < -0.3 is 30.0 Å². The fourth-order valence-electron chi connectivity index (χ4n) is 5.11. The number of benzene rings is 3. The van der Waals surface area contributed by atoms with Gasteiger partial charge in [-0.1, -0.05) is 29.8 Å². The van der Waals surface area contributed by atoms with Gasteiger partial charge in [0.2, 0.25) is 0 Å². The molecule has 37 heavy (non-hydrogen) atoms. The van der Waals surface area contributed by atoms with E-state index in [1.165, 1.54) is 0 Å². The summed E-state index contributed by atoms with van der Waals surface area (Å²) in [5, 5.41) is 17.6. The third kappa shape index (κ3) is 4.67. The van der Waals surface area contributed by atoms with Crippen molar-refractivity contribution in [2.75, 3.05) is 31.5 Å². The average Bonchev–Trinajstić information content (AvgIpc) is 3.07. The van der Waals surface area contributed by atoms with Gasteiger partial charge in [0.1, 0.15) is 0 Å². The number of para-hydroxylation sites is 2. The van der Waals surface area contributed by atoms with Crippen LogP contribution in [0.1, 0.15) is 42.9 Å². The van der Waals surface area contributed by atoms with Crippen molar-refractivity contribution in [3.05, 3.63) is 82.0 Å². The van der Waals surface area contributed by atoms with Gasteiger partial charge >= 0.3 is 0 Å². The molecule has 3 aromatic rings. The molecular weight excluding hydrogens is 492 g/mol. The number of phenols is 1. The molecule has 1 aliphatic heterocycles. The van der Waals surface area contributed by atoms with E-state index in [1.807, 2.05) is 49.4 Å². The standard InChI is InChI=1S/C29H29ClN2O5/c1-4-37-26-15-18(11-19(30)29(26)34)28-27-22(31-20-7-5-6-8-21(20)32-28)12-17(13-23(27)33)16-9-10-24(35-2)25(14-16)36-3/h5-11,14-15,17,28,31-32,34H,4,12-13H2,1-3H3. The summed E-state index contributed by atoms with van der Waals surface area (Å²) in [6, 6.07) is 16.6. The second-order valence-electron chi connectivity index (χ2n) is 9.07. The van der Waals surface area contributed by atoms with Crippen LogP contribution < -0.4 is 24.8 Å². The first-order valence-electron chi connectivity index (χ1n) is 12.2. The highest BCUT2D eigenvalue weighted by Crippen LogP contribution is 2.47. The minimum absolute atomic E-state index is 0.0287. The lowest BCUT2D eigenvalue weighted by atomic mass is 9.78. The SMILES string of the molecule is CCOc1cc(C2Nc3ccccc3NC3=C2C(=O)CC(c2ccc(OC)c(OC)c2)C3)cc(Cl)c1O. The molecule has 2 aliphatic rings. The number of rotatable bonds is 6. The third-order valence-electron chi connectivity index (χ3n) is 6.87. The van der Waals surface area contributed by atoms with Gasteiger partial charge in [0, 0.05) is 17.7 Å². The van der Waals surface area contributed by atoms with Crippen molar-refractivity contribution in [1.82, 2.24) is 0 Å². The quantitative estimate of drug-likeness (QED) is 0.344. The molecule has 2 atom stereocenters. The summed E-state index contributed by atoms with van der Waals surface area (Å²) in [5.41, 5.74) is 4.98. The second-order valence-corrected chi connectivity index (χ2v) is 9.47. The van der Waals surface area contributed by atoms with Gasteiger partial charge in [-0.3, -0.25) is 4.79 Å². The van der Waals surface area contributed by atoms with Crippen LogP contribution in [0.2, 0.25) is 5.02 Å². The fourth-order valence-corrected chi connectivity index (χ4v) is 5.33. The van der Waals surface area contributed by atoms with Crippen LogP contribution in [0.15, 0.2) is 65.9 Å². The number of aromatic hydroxyl groups is 1. The van der Waals surface area contributed by atoms with Gasteiger partial charge in [0.15, 0.2) is 28.8 Å². The zero-order chi connectivity index (χ0) is 26.1. The molecule has 2 unspecified atom stereocenters. The molecule has 0 radical (unpaired) electrons. The zero-order valence-corrected chi connectivity index (χ0v) is 21.7. The Bertz CT molecular complexity index is 1390. The number of carbonyl (C=O) groups excluding carboxylic acids is 1. The summed E-state index contributed by atoms with van der Waals surface area (Å²) in [4.78, 5) is 13.8. The van der Waals surface area contributed by atoms with Crippen LogP contribution >= 0.6 is 11.6 Å². The summed E-state index contributed by atoms with van der Waals surface area (Å²) in [5.74, 6) is 1.44. The van der Waals surface area contributed by atoms with Crippen molar-refractivity contribution in [2.24, 2.45) is 0 Å². The zero-order valence-electron chi connectivity index (χ0n) is 20.9. The molecule has 0 saturated carbocycles. The molecule has 3 N–H and O–H groups in total. The highest BCUT2D eigenvalue weighted by atomic mass is 35.5. The Kier molecular flexibility index (Phi) is 6.89. The number of fused-ring (bicyclic) bond motifs is 1. The first kappa shape index (κ1) is 24.8. The van der Waals surface area contributed by atoms with E-state index in [2.05, 4.69) is 10.6 Å². The number of phenolic OH excluding ortho intramolecular Hbond substituents is 1. The van der Waals surface area contributed by atoms with Gasteiger partial charge in [-0.05, 0) is 66.8 Å². The number of carbonyl (C=O) groups is 1. The lowest BCUT2D eigenvalue weighted by Gasteiger charge is -2.30. The molecule has 3 aromatic carbocycles. The summed E-state index contributed by atoms with van der Waals surface area (Å²) < 4.78 is 16.5. The van der Waals surface area contributed by atoms with E-state index in [1.54, 1.807) is 26.4 Å². The Morgan fingerprint density at radius 2 is 1.68 bits per heavy atom. The van der Waals surface area contributed by atoms with E-state index >= 15 is 0 Å². The maximum absolute atomic E-state index is 13.8. The Morgan fingerprint density at radius 1 is 0.946 bits per heavy atom. The normalized spacial score (nSPS) is 18.6. The predicted octanol–water partition coefficient (Wildman–Crippen LogP) is 6.44. The van der Waals surface area contributed by atoms with Crippen molar-refractivity contribution in [3.8, 4) is 23.0 Å². The van der Waals surface area contributed by atoms with Gasteiger partial charge in [-0.25, -0.2) is 0 Å². The molecule has 0 spiro atoms. The summed E-state index contributed by atoms with van der Waals surface area (Å²) in [6.45, 7) is 2.21. The molecule has 7 nitrogen and oxygen atoms in total. The number of Topliss-reactive ketones (excluding diaryl/α,β-unsaturated/α-hetero) is 1. The monoisotopic (exact) mass is 520 g/mol. The van der Waals surface area contributed by atoms with E-state index in [0.717, 1.165) is 28.2 Å². The van der Waals surface area contributed by atoms with E-state index < -0.39 is 6.04 Å². The predicted molar refractivity (Wildman–Crippen MR) is 144 cm³/mol. The van der Waals surface area contributed by atoms with Crippen molar-refractivity contribution in [3.63, 3.8) is 0 Å². The Morgan fingerprint density at radius 3 is 2.41 bits per heavy atom. The number of nitrogens with one attached hydrogen (secondary N) is 2. The second kappa shape index (κ2) is 10.3. The van der Waals surface area contributed by atoms with Crippen molar-refractivity contribution in [2.45, 2.75) is 31.7 Å². The first-order valence-corrected chi connectivity index (χ1v) is 12.6. The number of allylic oxidation sites excluding steroid dienone is 1. The number of ether oxygens (including phenoxy) is 3. The molecule has 0 aromatic heterocycles. The lowest BCUT2D eigenvalue weighted by Crippen LogP contribution is -2.27. The maximum Gasteiger partial charge on any atom is 0.176 e. The van der Waals surface area contributed by atoms with Crippen LogP contribution in [0, 0.1) is 0 Å². The average molecular weight is 521 g/mol. The number of methoxy groups -OCH3 is 2. The van der Waals surface area contributed by atoms with E-state index in [9.17, 15) is 9.90 Å². The van der Waals surface area contributed by atoms with Crippen molar-refractivity contribution < 1.29 is 24.1 Å². The molecule has 0 bridgehead atoms. The van der Waals surface area contributed by atoms with Gasteiger partial charge in [0.25, 0.3) is 0 Å². The highest BCUT2D eigenvalue weighted by Gasteiger charge is 2.36. The number of ketones is 1. The Hall–Kier alpha value is -3.84. The topological polar surface area (TPSA) is 89.1 Å². The molecule has 0 amide bonds. The summed E-state index contributed by atoms with van der Waals surface area (Å²) in [7, 11) is 3.21. The molecule has 0 saturated heterocycles. The largest absolute Gasteiger partial charge is 0.503 e. The lowest BCUT2D eigenvalue weighted by molar-refractivity contribution is -0.116. The fraction of sp³-hybridized carbons (Fsp3) is 0.276. The molecule has 1 aliphatic carbocycles. The molecule has 192 valence electrons. The smallest absolute Gasteiger partial charge is 0.176 e. The molecular formula is C29H29ClN2O5. The van der Waals surface area contributed by atoms with Crippen LogP contribution in [0.25, 0.3) is 0 Å². The Balaban J connectivity index is 1.60. The van der Waals surface area contributed by atoms with Crippen LogP contribution in [-0.2, 0) is 4.79 Å². The minimum atomic E-state index is -0.484. The molecule has 5 rings (SSSR count).